The van der Waals surface area contributed by atoms with Gasteiger partial charge in [-0.1, -0.05) is 57.2 Å². The topological polar surface area (TPSA) is 86.7 Å². The Morgan fingerprint density at radius 3 is 2.03 bits per heavy atom. The molecule has 0 spiro atoms. The van der Waals surface area contributed by atoms with Crippen LogP contribution < -0.4 is 5.32 Å². The van der Waals surface area contributed by atoms with Crippen LogP contribution in [0.4, 0.5) is 0 Å². The predicted octanol–water partition coefficient (Wildman–Crippen LogP) is 4.13. The Morgan fingerprint density at radius 2 is 1.57 bits per heavy atom. The zero-order valence-electron chi connectivity index (χ0n) is 18.4. The van der Waals surface area contributed by atoms with Gasteiger partial charge in [0.15, 0.2) is 5.12 Å². The highest BCUT2D eigenvalue weighted by atomic mass is 32.2. The van der Waals surface area contributed by atoms with Crippen molar-refractivity contribution in [3.8, 4) is 0 Å². The van der Waals surface area contributed by atoms with Crippen LogP contribution in [0, 0.1) is 5.92 Å². The fourth-order valence-corrected chi connectivity index (χ4v) is 6.12. The van der Waals surface area contributed by atoms with Crippen molar-refractivity contribution in [3.63, 3.8) is 0 Å². The first kappa shape index (κ1) is 25.5. The first-order valence-electron chi connectivity index (χ1n) is 11.4. The molecule has 0 aromatic rings. The quantitative estimate of drug-likeness (QED) is 0.619. The van der Waals surface area contributed by atoms with Gasteiger partial charge in [0.1, 0.15) is 6.04 Å². The van der Waals surface area contributed by atoms with Crippen LogP contribution in [-0.4, -0.2) is 62.5 Å². The van der Waals surface area contributed by atoms with E-state index in [0.717, 1.165) is 23.8 Å². The summed E-state index contributed by atoms with van der Waals surface area (Å²) < 4.78 is 0. The molecule has 3 fully saturated rings. The number of nitrogens with one attached hydrogen (secondary N) is 1. The van der Waals surface area contributed by atoms with Crippen molar-refractivity contribution in [2.75, 3.05) is 17.4 Å². The smallest absolute Gasteiger partial charge is 0.327 e. The summed E-state index contributed by atoms with van der Waals surface area (Å²) in [4.78, 5) is 35.1. The maximum atomic E-state index is 12.0. The zero-order chi connectivity index (χ0) is 21.9. The van der Waals surface area contributed by atoms with Crippen molar-refractivity contribution in [1.82, 2.24) is 10.2 Å². The standard InChI is InChI=1S/C12H23N.C10H15NO4S2/c1-3-7-11(8-4-1)13-12-9-5-2-6-10-12;1-6(3-17-7(2)12)9(13)11-5-16-4-8(11)10(14)15/h11-13H,1-10H2;6,8H,3-5H2,1-2H3,(H,14,15). The molecule has 2 N–H and O–H groups in total. The van der Waals surface area contributed by atoms with Crippen LogP contribution >= 0.6 is 23.5 Å². The molecule has 0 radical (unpaired) electrons. The molecule has 1 amide bonds. The lowest BCUT2D eigenvalue weighted by Crippen LogP contribution is -2.44. The molecule has 0 aromatic carbocycles. The number of amides is 1. The van der Waals surface area contributed by atoms with Crippen molar-refractivity contribution >= 4 is 40.5 Å². The Hall–Kier alpha value is -0.730. The molecule has 2 saturated carbocycles. The fourth-order valence-electron chi connectivity index (χ4n) is 4.33. The maximum absolute atomic E-state index is 12.0. The molecule has 2 unspecified atom stereocenters. The highest BCUT2D eigenvalue weighted by Crippen LogP contribution is 2.24. The van der Waals surface area contributed by atoms with Gasteiger partial charge in [0.05, 0.1) is 5.88 Å². The number of aliphatic carboxylic acids is 1. The number of hydrogen-bond acceptors (Lipinski definition) is 6. The molecular formula is C22H38N2O4S2. The van der Waals surface area contributed by atoms with Crippen molar-refractivity contribution in [2.24, 2.45) is 5.92 Å². The number of carbonyl (C=O) groups excluding carboxylic acids is 2. The van der Waals surface area contributed by atoms with Crippen molar-refractivity contribution < 1.29 is 19.5 Å². The van der Waals surface area contributed by atoms with Crippen molar-refractivity contribution in [2.45, 2.75) is 96.2 Å². The van der Waals surface area contributed by atoms with E-state index in [9.17, 15) is 14.4 Å². The average Bonchev–Trinajstić information content (AvgIpc) is 3.24. The molecule has 3 aliphatic rings. The number of thioether (sulfide) groups is 2. The summed E-state index contributed by atoms with van der Waals surface area (Å²) in [6.45, 7) is 3.17. The first-order chi connectivity index (χ1) is 14.4. The lowest BCUT2D eigenvalue weighted by molar-refractivity contribution is -0.148. The molecule has 2 atom stereocenters. The zero-order valence-corrected chi connectivity index (χ0v) is 20.1. The number of nitrogens with zero attached hydrogens (tertiary/aromatic N) is 1. The second kappa shape index (κ2) is 13.6. The lowest BCUT2D eigenvalue weighted by Gasteiger charge is -2.30. The van der Waals surface area contributed by atoms with Crippen molar-refractivity contribution in [1.29, 1.82) is 0 Å². The van der Waals surface area contributed by atoms with Crippen LogP contribution in [0.15, 0.2) is 0 Å². The van der Waals surface area contributed by atoms with Crippen LogP contribution in [-0.2, 0) is 14.4 Å². The van der Waals surface area contributed by atoms with Crippen molar-refractivity contribution in [3.05, 3.63) is 0 Å². The van der Waals surface area contributed by atoms with Gasteiger partial charge in [0, 0.05) is 36.4 Å². The van der Waals surface area contributed by atoms with Gasteiger partial charge in [-0.15, -0.1) is 11.8 Å². The highest BCUT2D eigenvalue weighted by Gasteiger charge is 2.36. The Bertz CT molecular complexity index is 547. The summed E-state index contributed by atoms with van der Waals surface area (Å²) in [5.41, 5.74) is 0. The minimum atomic E-state index is -0.963. The van der Waals surface area contributed by atoms with Crippen LogP contribution in [0.3, 0.4) is 0 Å². The third-order valence-electron chi connectivity index (χ3n) is 6.09. The number of hydrogen-bond donors (Lipinski definition) is 2. The highest BCUT2D eigenvalue weighted by molar-refractivity contribution is 8.13. The number of carboxylic acid groups (broad SMARTS) is 1. The molecule has 6 nitrogen and oxygen atoms in total. The first-order valence-corrected chi connectivity index (χ1v) is 13.5. The molecule has 3 rings (SSSR count). The van der Waals surface area contributed by atoms with Crippen LogP contribution in [0.5, 0.6) is 0 Å². The van der Waals surface area contributed by atoms with Gasteiger partial charge in [-0.3, -0.25) is 9.59 Å². The summed E-state index contributed by atoms with van der Waals surface area (Å²) in [5.74, 6) is -0.212. The third kappa shape index (κ3) is 8.79. The number of carbonyl (C=O) groups is 3. The second-order valence-corrected chi connectivity index (χ2v) is 10.9. The van der Waals surface area contributed by atoms with E-state index in [1.54, 1.807) is 6.92 Å². The van der Waals surface area contributed by atoms with Crippen LogP contribution in [0.25, 0.3) is 0 Å². The molecular weight excluding hydrogens is 420 g/mol. The molecule has 172 valence electrons. The van der Waals surface area contributed by atoms with Crippen LogP contribution in [0.1, 0.15) is 78.1 Å². The Kier molecular flexibility index (Phi) is 11.6. The lowest BCUT2D eigenvalue weighted by atomic mass is 9.91. The summed E-state index contributed by atoms with van der Waals surface area (Å²) in [6.07, 6.45) is 14.6. The van der Waals surface area contributed by atoms with E-state index in [1.165, 1.54) is 87.8 Å². The molecule has 0 bridgehead atoms. The normalized spacial score (nSPS) is 24.1. The number of rotatable bonds is 6. The minimum Gasteiger partial charge on any atom is -0.480 e. The Balaban J connectivity index is 0.000000220. The molecule has 8 heteroatoms. The molecule has 1 saturated heterocycles. The number of carboxylic acids is 1. The Labute approximate surface area is 189 Å². The van der Waals surface area contributed by atoms with Crippen LogP contribution in [0.2, 0.25) is 0 Å². The minimum absolute atomic E-state index is 0.0322. The van der Waals surface area contributed by atoms with E-state index in [2.05, 4.69) is 5.32 Å². The monoisotopic (exact) mass is 458 g/mol. The van der Waals surface area contributed by atoms with E-state index in [4.69, 9.17) is 5.11 Å². The van der Waals surface area contributed by atoms with Gasteiger partial charge >= 0.3 is 5.97 Å². The molecule has 0 aromatic heterocycles. The maximum Gasteiger partial charge on any atom is 0.327 e. The van der Waals surface area contributed by atoms with Gasteiger partial charge in [-0.25, -0.2) is 4.79 Å². The van der Waals surface area contributed by atoms with E-state index in [1.807, 2.05) is 0 Å². The van der Waals surface area contributed by atoms with Gasteiger partial charge in [-0.05, 0) is 25.7 Å². The van der Waals surface area contributed by atoms with E-state index in [0.29, 0.717) is 17.4 Å². The fraction of sp³-hybridized carbons (Fsp3) is 0.864. The third-order valence-corrected chi connectivity index (χ3v) is 8.18. The van der Waals surface area contributed by atoms with Gasteiger partial charge in [0.2, 0.25) is 5.91 Å². The largest absolute Gasteiger partial charge is 0.480 e. The summed E-state index contributed by atoms with van der Waals surface area (Å²) in [7, 11) is 0. The predicted molar refractivity (Wildman–Crippen MR) is 125 cm³/mol. The molecule has 1 aliphatic heterocycles. The van der Waals surface area contributed by atoms with Gasteiger partial charge < -0.3 is 15.3 Å². The average molecular weight is 459 g/mol. The van der Waals surface area contributed by atoms with Gasteiger partial charge in [-0.2, -0.15) is 0 Å². The summed E-state index contributed by atoms with van der Waals surface area (Å²) in [6, 6.07) is 1.02. The summed E-state index contributed by atoms with van der Waals surface area (Å²) >= 11 is 2.53. The molecule has 1 heterocycles. The summed E-state index contributed by atoms with van der Waals surface area (Å²) in [5, 5.41) is 12.8. The van der Waals surface area contributed by atoms with E-state index < -0.39 is 12.0 Å². The second-order valence-electron chi connectivity index (χ2n) is 8.70. The van der Waals surface area contributed by atoms with E-state index >= 15 is 0 Å². The van der Waals surface area contributed by atoms with Gasteiger partial charge in [0.25, 0.3) is 0 Å². The molecule has 2 aliphatic carbocycles. The Morgan fingerprint density at radius 1 is 1.03 bits per heavy atom. The molecule has 30 heavy (non-hydrogen) atoms. The SMILES string of the molecule is C1CCC(NC2CCCCC2)CC1.CC(=O)SCC(C)C(=O)N1CSCC1C(=O)O. The van der Waals surface area contributed by atoms with E-state index in [-0.39, 0.29) is 16.9 Å².